The van der Waals surface area contributed by atoms with Crippen molar-refractivity contribution in [3.63, 3.8) is 0 Å². The van der Waals surface area contributed by atoms with Crippen molar-refractivity contribution in [2.75, 3.05) is 33.4 Å². The number of hydrogen-bond donors (Lipinski definition) is 2. The van der Waals surface area contributed by atoms with Gasteiger partial charge in [-0.15, -0.1) is 0 Å². The Hall–Kier alpha value is -2.15. The molecule has 6 heteroatoms. The van der Waals surface area contributed by atoms with Crippen molar-refractivity contribution in [1.82, 2.24) is 15.2 Å². The molecular formula is C24H35N3O3. The number of hydrogen-bond acceptors (Lipinski definition) is 6. The highest BCUT2D eigenvalue weighted by atomic mass is 16.5. The first-order valence-electron chi connectivity index (χ1n) is 11.0. The summed E-state index contributed by atoms with van der Waals surface area (Å²) in [5.41, 5.74) is 2.18. The number of nitrogens with one attached hydrogen (secondary N) is 1. The Kier molecular flexibility index (Phi) is 9.41. The molecule has 0 spiro atoms. The number of likely N-dealkylation sites (tertiary alicyclic amines) is 1. The van der Waals surface area contributed by atoms with Crippen LogP contribution in [0.25, 0.3) is 0 Å². The summed E-state index contributed by atoms with van der Waals surface area (Å²) in [6.45, 7) is 4.48. The molecule has 1 aromatic carbocycles. The highest BCUT2D eigenvalue weighted by Gasteiger charge is 2.15. The molecule has 1 atom stereocenters. The second-order valence-corrected chi connectivity index (χ2v) is 7.97. The Labute approximate surface area is 180 Å². The second-order valence-electron chi connectivity index (χ2n) is 7.97. The number of aliphatic hydroxyl groups is 1. The fourth-order valence-electron chi connectivity index (χ4n) is 3.82. The van der Waals surface area contributed by atoms with E-state index >= 15 is 0 Å². The number of aromatic nitrogens is 1. The van der Waals surface area contributed by atoms with Crippen LogP contribution in [-0.4, -0.2) is 54.4 Å². The van der Waals surface area contributed by atoms with Crippen molar-refractivity contribution in [2.24, 2.45) is 0 Å². The van der Waals surface area contributed by atoms with Gasteiger partial charge >= 0.3 is 0 Å². The molecule has 1 aliphatic rings. The van der Waals surface area contributed by atoms with Crippen molar-refractivity contribution in [3.05, 3.63) is 53.9 Å². The quantitative estimate of drug-likeness (QED) is 0.622. The van der Waals surface area contributed by atoms with E-state index in [-0.39, 0.29) is 6.61 Å². The van der Waals surface area contributed by atoms with Crippen LogP contribution in [0.4, 0.5) is 0 Å². The van der Waals surface area contributed by atoms with Crippen molar-refractivity contribution in [3.8, 4) is 11.5 Å². The van der Waals surface area contributed by atoms with E-state index in [4.69, 9.17) is 9.47 Å². The van der Waals surface area contributed by atoms with E-state index in [1.54, 1.807) is 13.3 Å². The average molecular weight is 414 g/mol. The summed E-state index contributed by atoms with van der Waals surface area (Å²) < 4.78 is 11.4. The number of pyridine rings is 1. The first-order chi connectivity index (χ1) is 14.7. The predicted molar refractivity (Wildman–Crippen MR) is 119 cm³/mol. The summed E-state index contributed by atoms with van der Waals surface area (Å²) in [6, 6.07) is 9.82. The van der Waals surface area contributed by atoms with Gasteiger partial charge in [0.1, 0.15) is 24.2 Å². The van der Waals surface area contributed by atoms with Crippen LogP contribution in [0.1, 0.15) is 43.2 Å². The van der Waals surface area contributed by atoms with Gasteiger partial charge in [0, 0.05) is 43.7 Å². The van der Waals surface area contributed by atoms with E-state index in [1.165, 1.54) is 32.1 Å². The van der Waals surface area contributed by atoms with Crippen molar-refractivity contribution in [1.29, 1.82) is 0 Å². The molecule has 164 valence electrons. The topological polar surface area (TPSA) is 66.8 Å². The lowest BCUT2D eigenvalue weighted by atomic mass is 10.1. The normalized spacial score (nSPS) is 16.5. The lowest BCUT2D eigenvalue weighted by Gasteiger charge is -2.27. The molecule has 0 radical (unpaired) electrons. The van der Waals surface area contributed by atoms with E-state index in [0.29, 0.717) is 13.1 Å². The summed E-state index contributed by atoms with van der Waals surface area (Å²) in [7, 11) is 1.65. The number of β-amino-alcohol motifs (C(OH)–C–C–N with tert-alkyl or cyclic N) is 1. The smallest absolute Gasteiger partial charge is 0.127 e. The standard InChI is InChI=1S/C24H35N3O3/c1-29-23-10-9-21(17-26-16-20-8-7-11-25-15-20)24(14-23)30-19-22(28)18-27-12-5-3-2-4-6-13-27/h7-11,14-15,22,26,28H,2-6,12-13,16-19H2,1H3/t22-/m1/s1. The molecule has 1 aliphatic heterocycles. The van der Waals surface area contributed by atoms with Gasteiger partial charge in [-0.1, -0.05) is 31.4 Å². The Morgan fingerprint density at radius 3 is 2.63 bits per heavy atom. The molecule has 0 unspecified atom stereocenters. The van der Waals surface area contributed by atoms with Gasteiger partial charge in [-0.2, -0.15) is 0 Å². The van der Waals surface area contributed by atoms with Crippen LogP contribution in [0, 0.1) is 0 Å². The van der Waals surface area contributed by atoms with E-state index in [0.717, 1.165) is 42.3 Å². The SMILES string of the molecule is COc1ccc(CNCc2cccnc2)c(OC[C@H](O)CN2CCCCCCC2)c1. The highest BCUT2D eigenvalue weighted by molar-refractivity contribution is 5.40. The van der Waals surface area contributed by atoms with Crippen LogP contribution >= 0.6 is 0 Å². The summed E-state index contributed by atoms with van der Waals surface area (Å²) in [5, 5.41) is 14.0. The van der Waals surface area contributed by atoms with Crippen LogP contribution in [-0.2, 0) is 13.1 Å². The zero-order valence-corrected chi connectivity index (χ0v) is 18.1. The molecular weight excluding hydrogens is 378 g/mol. The molecule has 2 N–H and O–H groups in total. The third-order valence-electron chi connectivity index (χ3n) is 5.49. The van der Waals surface area contributed by atoms with Crippen molar-refractivity contribution < 1.29 is 14.6 Å². The minimum absolute atomic E-state index is 0.277. The molecule has 1 saturated heterocycles. The molecule has 0 bridgehead atoms. The maximum atomic E-state index is 10.5. The number of aliphatic hydroxyl groups excluding tert-OH is 1. The summed E-state index contributed by atoms with van der Waals surface area (Å²) in [6.07, 6.45) is 9.49. The van der Waals surface area contributed by atoms with Gasteiger partial charge < -0.3 is 24.8 Å². The zero-order chi connectivity index (χ0) is 21.0. The van der Waals surface area contributed by atoms with E-state index in [1.807, 2.05) is 36.5 Å². The van der Waals surface area contributed by atoms with E-state index in [9.17, 15) is 5.11 Å². The molecule has 1 fully saturated rings. The lowest BCUT2D eigenvalue weighted by molar-refractivity contribution is 0.0650. The number of nitrogens with zero attached hydrogens (tertiary/aromatic N) is 2. The zero-order valence-electron chi connectivity index (χ0n) is 18.1. The number of benzene rings is 1. The van der Waals surface area contributed by atoms with Gasteiger partial charge in [0.2, 0.25) is 0 Å². The minimum Gasteiger partial charge on any atom is -0.497 e. The van der Waals surface area contributed by atoms with Crippen LogP contribution in [0.2, 0.25) is 0 Å². The largest absolute Gasteiger partial charge is 0.497 e. The monoisotopic (exact) mass is 413 g/mol. The van der Waals surface area contributed by atoms with Crippen LogP contribution < -0.4 is 14.8 Å². The lowest BCUT2D eigenvalue weighted by Crippen LogP contribution is -2.37. The van der Waals surface area contributed by atoms with Gasteiger partial charge in [-0.3, -0.25) is 4.98 Å². The van der Waals surface area contributed by atoms with Gasteiger partial charge in [-0.05, 0) is 43.6 Å². The van der Waals surface area contributed by atoms with Gasteiger partial charge in [0.05, 0.1) is 7.11 Å². The minimum atomic E-state index is -0.508. The molecule has 2 heterocycles. The summed E-state index contributed by atoms with van der Waals surface area (Å²) in [4.78, 5) is 6.52. The van der Waals surface area contributed by atoms with Gasteiger partial charge in [-0.25, -0.2) is 0 Å². The maximum Gasteiger partial charge on any atom is 0.127 e. The van der Waals surface area contributed by atoms with Gasteiger partial charge in [0.15, 0.2) is 0 Å². The molecule has 0 saturated carbocycles. The molecule has 3 rings (SSSR count). The van der Waals surface area contributed by atoms with Crippen molar-refractivity contribution >= 4 is 0 Å². The molecule has 2 aromatic rings. The van der Waals surface area contributed by atoms with E-state index in [2.05, 4.69) is 15.2 Å². The average Bonchev–Trinajstić information content (AvgIpc) is 2.75. The van der Waals surface area contributed by atoms with E-state index < -0.39 is 6.10 Å². The number of methoxy groups -OCH3 is 1. The van der Waals surface area contributed by atoms with Crippen LogP contribution in [0.15, 0.2) is 42.7 Å². The molecule has 1 aromatic heterocycles. The summed E-state index contributed by atoms with van der Waals surface area (Å²) in [5.74, 6) is 1.50. The molecule has 0 aliphatic carbocycles. The predicted octanol–water partition coefficient (Wildman–Crippen LogP) is 3.39. The third kappa shape index (κ3) is 7.59. The van der Waals surface area contributed by atoms with Crippen LogP contribution in [0.5, 0.6) is 11.5 Å². The van der Waals surface area contributed by atoms with Crippen LogP contribution in [0.3, 0.4) is 0 Å². The Bertz CT molecular complexity index is 734. The highest BCUT2D eigenvalue weighted by Crippen LogP contribution is 2.25. The fourth-order valence-corrected chi connectivity index (χ4v) is 3.82. The first kappa shape index (κ1) is 22.5. The fraction of sp³-hybridized carbons (Fsp3) is 0.542. The second kappa shape index (κ2) is 12.5. The van der Waals surface area contributed by atoms with Crippen molar-refractivity contribution in [2.45, 2.75) is 51.3 Å². The first-order valence-corrected chi connectivity index (χ1v) is 11.0. The number of ether oxygens (including phenoxy) is 2. The Morgan fingerprint density at radius 1 is 1.10 bits per heavy atom. The molecule has 6 nitrogen and oxygen atoms in total. The Morgan fingerprint density at radius 2 is 1.90 bits per heavy atom. The van der Waals surface area contributed by atoms with Gasteiger partial charge in [0.25, 0.3) is 0 Å². The Balaban J connectivity index is 1.52. The summed E-state index contributed by atoms with van der Waals surface area (Å²) >= 11 is 0. The maximum absolute atomic E-state index is 10.5. The third-order valence-corrected chi connectivity index (χ3v) is 5.49. The molecule has 0 amide bonds. The molecule has 30 heavy (non-hydrogen) atoms. The number of rotatable bonds is 10.